The van der Waals surface area contributed by atoms with E-state index in [2.05, 4.69) is 6.07 Å². The van der Waals surface area contributed by atoms with Gasteiger partial charge in [0, 0.05) is 29.2 Å². The molecule has 7 nitrogen and oxygen atoms in total. The molecule has 0 saturated carbocycles. The second kappa shape index (κ2) is 6.72. The summed E-state index contributed by atoms with van der Waals surface area (Å²) in [5.74, 6) is 0. The average molecular weight is 325 g/mol. The van der Waals surface area contributed by atoms with Gasteiger partial charge in [0.15, 0.2) is 0 Å². The molecule has 1 aliphatic heterocycles. The Hall–Kier alpha value is -2.85. The topological polar surface area (TPSA) is 118 Å². The molecular weight excluding hydrogens is 306 g/mol. The van der Waals surface area contributed by atoms with Gasteiger partial charge < -0.3 is 4.90 Å². The van der Waals surface area contributed by atoms with Crippen molar-refractivity contribution in [3.63, 3.8) is 0 Å². The molecule has 0 spiro atoms. The van der Waals surface area contributed by atoms with Crippen molar-refractivity contribution >= 4 is 0 Å². The van der Waals surface area contributed by atoms with Gasteiger partial charge in [0.2, 0.25) is 6.04 Å². The number of nitriles is 3. The van der Waals surface area contributed by atoms with E-state index in [1.807, 2.05) is 30.9 Å². The van der Waals surface area contributed by atoms with E-state index in [-0.39, 0.29) is 22.5 Å². The lowest BCUT2D eigenvalue weighted by Gasteiger charge is -2.40. The monoisotopic (exact) mass is 325 g/mol. The molecule has 2 aliphatic rings. The van der Waals surface area contributed by atoms with E-state index in [1.165, 1.54) is 0 Å². The number of nitrogens with zero attached hydrogens (tertiary/aromatic N) is 5. The van der Waals surface area contributed by atoms with Gasteiger partial charge >= 0.3 is 0 Å². The van der Waals surface area contributed by atoms with Crippen LogP contribution in [0.15, 0.2) is 22.4 Å². The van der Waals surface area contributed by atoms with E-state index in [4.69, 9.17) is 0 Å². The van der Waals surface area contributed by atoms with Crippen molar-refractivity contribution in [3.8, 4) is 18.2 Å². The van der Waals surface area contributed by atoms with Crippen molar-refractivity contribution in [2.45, 2.75) is 45.6 Å². The Morgan fingerprint density at radius 2 is 1.96 bits per heavy atom. The Morgan fingerprint density at radius 3 is 2.50 bits per heavy atom. The molecule has 0 aromatic heterocycles. The first-order valence-corrected chi connectivity index (χ1v) is 7.88. The van der Waals surface area contributed by atoms with E-state index in [0.29, 0.717) is 43.4 Å². The molecule has 0 aromatic carbocycles. The highest BCUT2D eigenvalue weighted by atomic mass is 16.6. The van der Waals surface area contributed by atoms with E-state index >= 15 is 0 Å². The number of hydrogen-bond acceptors (Lipinski definition) is 6. The standard InChI is InChI=1S/C17H19N5O2/c1-17(2)6-14(12(8-18)9-19)15(10-20)16(7-17)21-5-3-4-13(11-21)22(23)24/h13H,3-7,11H2,1-2H3. The summed E-state index contributed by atoms with van der Waals surface area (Å²) in [6, 6.07) is 5.26. The Balaban J connectivity index is 2.54. The molecule has 0 radical (unpaired) electrons. The van der Waals surface area contributed by atoms with E-state index in [0.717, 1.165) is 5.70 Å². The molecule has 2 rings (SSSR count). The SMILES string of the molecule is CC1(C)CC(=C(C#N)C#N)C(C#N)=C(N2CCCC([N+](=O)[O-])C2)C1. The third kappa shape index (κ3) is 3.39. The quantitative estimate of drug-likeness (QED) is 0.437. The predicted molar refractivity (Wildman–Crippen MR) is 85.5 cm³/mol. The molecule has 0 N–H and O–H groups in total. The zero-order valence-electron chi connectivity index (χ0n) is 13.9. The molecule has 24 heavy (non-hydrogen) atoms. The molecule has 1 unspecified atom stereocenters. The van der Waals surface area contributed by atoms with Crippen LogP contribution in [0, 0.1) is 49.5 Å². The van der Waals surface area contributed by atoms with Crippen LogP contribution in [0.3, 0.4) is 0 Å². The van der Waals surface area contributed by atoms with Gasteiger partial charge in [0.25, 0.3) is 0 Å². The van der Waals surface area contributed by atoms with Gasteiger partial charge in [-0.05, 0) is 24.7 Å². The molecule has 7 heteroatoms. The highest BCUT2D eigenvalue weighted by molar-refractivity contribution is 5.57. The lowest BCUT2D eigenvalue weighted by atomic mass is 9.72. The molecule has 0 aromatic rings. The minimum atomic E-state index is -0.643. The van der Waals surface area contributed by atoms with Crippen LogP contribution in [-0.4, -0.2) is 29.0 Å². The molecular formula is C17H19N5O2. The van der Waals surface area contributed by atoms with Crippen molar-refractivity contribution in [2.75, 3.05) is 13.1 Å². The maximum absolute atomic E-state index is 11.1. The van der Waals surface area contributed by atoms with Gasteiger partial charge in [0.1, 0.15) is 23.8 Å². The predicted octanol–water partition coefficient (Wildman–Crippen LogP) is 2.67. The second-order valence-corrected chi connectivity index (χ2v) is 7.06. The first-order valence-electron chi connectivity index (χ1n) is 7.88. The third-order valence-electron chi connectivity index (χ3n) is 4.61. The lowest BCUT2D eigenvalue weighted by molar-refractivity contribution is -0.526. The summed E-state index contributed by atoms with van der Waals surface area (Å²) < 4.78 is 0. The van der Waals surface area contributed by atoms with Gasteiger partial charge in [-0.15, -0.1) is 0 Å². The lowest BCUT2D eigenvalue weighted by Crippen LogP contribution is -2.43. The van der Waals surface area contributed by atoms with Crippen LogP contribution in [-0.2, 0) is 0 Å². The molecule has 1 aliphatic carbocycles. The highest BCUT2D eigenvalue weighted by Crippen LogP contribution is 2.44. The Morgan fingerprint density at radius 1 is 1.29 bits per heavy atom. The van der Waals surface area contributed by atoms with Gasteiger partial charge in [-0.2, -0.15) is 15.8 Å². The smallest absolute Gasteiger partial charge is 0.230 e. The molecule has 1 fully saturated rings. The van der Waals surface area contributed by atoms with Crippen LogP contribution >= 0.6 is 0 Å². The first-order chi connectivity index (χ1) is 11.3. The first kappa shape index (κ1) is 17.5. The van der Waals surface area contributed by atoms with Crippen LogP contribution in [0.5, 0.6) is 0 Å². The fraction of sp³-hybridized carbons (Fsp3) is 0.588. The maximum atomic E-state index is 11.1. The summed E-state index contributed by atoms with van der Waals surface area (Å²) in [5.41, 5.74) is 1.29. The Labute approximate surface area is 141 Å². The largest absolute Gasteiger partial charge is 0.367 e. The Kier molecular flexibility index (Phi) is 4.90. The van der Waals surface area contributed by atoms with Crippen molar-refractivity contribution in [2.24, 2.45) is 5.41 Å². The molecule has 0 amide bonds. The summed E-state index contributed by atoms with van der Waals surface area (Å²) in [6.07, 6.45) is 2.30. The second-order valence-electron chi connectivity index (χ2n) is 7.06. The fourth-order valence-electron chi connectivity index (χ4n) is 3.49. The van der Waals surface area contributed by atoms with Crippen LogP contribution < -0.4 is 0 Å². The van der Waals surface area contributed by atoms with Gasteiger partial charge in [0.05, 0.1) is 12.1 Å². The number of rotatable bonds is 2. The molecule has 1 saturated heterocycles. The van der Waals surface area contributed by atoms with E-state index < -0.39 is 6.04 Å². The minimum Gasteiger partial charge on any atom is -0.367 e. The highest BCUT2D eigenvalue weighted by Gasteiger charge is 2.37. The normalized spacial score (nSPS) is 23.0. The van der Waals surface area contributed by atoms with Crippen molar-refractivity contribution in [1.82, 2.24) is 4.90 Å². The zero-order chi connectivity index (χ0) is 17.9. The van der Waals surface area contributed by atoms with Crippen LogP contribution in [0.1, 0.15) is 39.5 Å². The summed E-state index contributed by atoms with van der Waals surface area (Å²) in [4.78, 5) is 12.8. The number of hydrogen-bond donors (Lipinski definition) is 0. The van der Waals surface area contributed by atoms with Gasteiger partial charge in [-0.3, -0.25) is 10.1 Å². The zero-order valence-corrected chi connectivity index (χ0v) is 13.9. The minimum absolute atomic E-state index is 0.0420. The fourth-order valence-corrected chi connectivity index (χ4v) is 3.49. The molecule has 1 heterocycles. The third-order valence-corrected chi connectivity index (χ3v) is 4.61. The number of allylic oxidation sites excluding steroid dienone is 4. The number of likely N-dealkylation sites (tertiary alicyclic amines) is 1. The summed E-state index contributed by atoms with van der Waals surface area (Å²) in [6.45, 7) is 4.96. The van der Waals surface area contributed by atoms with Crippen molar-refractivity contribution < 1.29 is 4.92 Å². The molecule has 124 valence electrons. The van der Waals surface area contributed by atoms with Crippen LogP contribution in [0.4, 0.5) is 0 Å². The average Bonchev–Trinajstić information content (AvgIpc) is 2.55. The van der Waals surface area contributed by atoms with Crippen LogP contribution in [0.25, 0.3) is 0 Å². The van der Waals surface area contributed by atoms with Gasteiger partial charge in [-0.25, -0.2) is 0 Å². The molecule has 0 bridgehead atoms. The summed E-state index contributed by atoms with van der Waals surface area (Å²) in [5, 5.41) is 39.2. The van der Waals surface area contributed by atoms with Crippen molar-refractivity contribution in [1.29, 1.82) is 15.8 Å². The summed E-state index contributed by atoms with van der Waals surface area (Å²) in [7, 11) is 0. The summed E-state index contributed by atoms with van der Waals surface area (Å²) >= 11 is 0. The molecule has 1 atom stereocenters. The van der Waals surface area contributed by atoms with Gasteiger partial charge in [-0.1, -0.05) is 13.8 Å². The maximum Gasteiger partial charge on any atom is 0.230 e. The van der Waals surface area contributed by atoms with Crippen LogP contribution in [0.2, 0.25) is 0 Å². The number of piperidine rings is 1. The van der Waals surface area contributed by atoms with E-state index in [1.54, 1.807) is 0 Å². The van der Waals surface area contributed by atoms with Crippen molar-refractivity contribution in [3.05, 3.63) is 32.5 Å². The number of nitro groups is 1. The Bertz CT molecular complexity index is 726. The van der Waals surface area contributed by atoms with E-state index in [9.17, 15) is 25.9 Å².